The van der Waals surface area contributed by atoms with E-state index in [1.807, 2.05) is 0 Å². The maximum absolute atomic E-state index is 14.4. The first-order valence-corrected chi connectivity index (χ1v) is 15.1. The second-order valence-corrected chi connectivity index (χ2v) is 13.5. The first-order valence-electron chi connectivity index (χ1n) is 14.3. The van der Waals surface area contributed by atoms with E-state index in [1.165, 1.54) is 16.2 Å². The molecule has 7 rings (SSSR count). The molecule has 1 spiro atoms. The number of thiophene rings is 1. The summed E-state index contributed by atoms with van der Waals surface area (Å²) < 4.78 is 49.2. The molecule has 0 bridgehead atoms. The fourth-order valence-corrected chi connectivity index (χ4v) is 9.00. The zero-order chi connectivity index (χ0) is 27.7. The topological polar surface area (TPSA) is 94.5 Å². The number of piperidine rings is 1. The summed E-state index contributed by atoms with van der Waals surface area (Å²) in [6, 6.07) is 4.26. The van der Waals surface area contributed by atoms with Gasteiger partial charge in [0.25, 0.3) is 5.92 Å². The smallest absolute Gasteiger partial charge is 0.320 e. The molecule has 0 saturated carbocycles. The molecule has 2 aromatic rings. The van der Waals surface area contributed by atoms with E-state index in [9.17, 15) is 18.4 Å². The summed E-state index contributed by atoms with van der Waals surface area (Å²) in [5, 5.41) is 10.4. The lowest BCUT2D eigenvalue weighted by atomic mass is 9.66. The highest BCUT2D eigenvalue weighted by atomic mass is 32.1. The van der Waals surface area contributed by atoms with Gasteiger partial charge in [-0.05, 0) is 50.6 Å². The van der Waals surface area contributed by atoms with Crippen molar-refractivity contribution >= 4 is 28.0 Å². The molecular weight excluding hydrogens is 539 g/mol. The lowest BCUT2D eigenvalue weighted by Gasteiger charge is -2.53. The van der Waals surface area contributed by atoms with E-state index < -0.39 is 18.6 Å². The molecule has 2 aromatic heterocycles. The number of ether oxygens (including phenoxy) is 1. The van der Waals surface area contributed by atoms with Crippen molar-refractivity contribution in [3.8, 4) is 12.1 Å². The number of fused-ring (bicyclic) bond motifs is 3. The van der Waals surface area contributed by atoms with E-state index in [1.54, 1.807) is 11.0 Å². The van der Waals surface area contributed by atoms with Crippen molar-refractivity contribution in [2.75, 3.05) is 61.4 Å². The molecule has 1 aliphatic carbocycles. The molecule has 0 unspecified atom stereocenters. The average Bonchev–Trinajstić information content (AvgIpc) is 3.53. The Labute approximate surface area is 235 Å². The summed E-state index contributed by atoms with van der Waals surface area (Å²) in [6.45, 7) is 2.98. The Balaban J connectivity index is 1.17. The van der Waals surface area contributed by atoms with Crippen LogP contribution in [-0.2, 0) is 11.8 Å². The van der Waals surface area contributed by atoms with E-state index >= 15 is 0 Å². The summed E-state index contributed by atoms with van der Waals surface area (Å²) in [4.78, 5) is 16.4. The molecule has 8 nitrogen and oxygen atoms in total. The summed E-state index contributed by atoms with van der Waals surface area (Å²) in [5.74, 6) is -1.72. The fraction of sp³-hybridized carbons (Fsp3) is 0.679. The molecule has 6 heterocycles. The zero-order valence-electron chi connectivity index (χ0n) is 22.5. The fourth-order valence-electron chi connectivity index (χ4n) is 7.82. The van der Waals surface area contributed by atoms with Gasteiger partial charge in [0.05, 0.1) is 17.6 Å². The number of hydrogen-bond acceptors (Lipinski definition) is 9. The summed E-state index contributed by atoms with van der Waals surface area (Å²) >= 11 is 1.52. The minimum Gasteiger partial charge on any atom is -0.461 e. The van der Waals surface area contributed by atoms with E-state index in [0.29, 0.717) is 61.2 Å². The Morgan fingerprint density at radius 2 is 1.85 bits per heavy atom. The number of halogens is 3. The highest BCUT2D eigenvalue weighted by molar-refractivity contribution is 7.16. The van der Waals surface area contributed by atoms with Gasteiger partial charge in [0, 0.05) is 55.4 Å². The molecule has 0 aromatic carbocycles. The summed E-state index contributed by atoms with van der Waals surface area (Å²) in [5.41, 5.74) is 7.37. The minimum atomic E-state index is -2.78. The maximum atomic E-state index is 14.4. The normalized spacial score (nSPS) is 28.7. The highest BCUT2D eigenvalue weighted by Crippen LogP contribution is 2.51. The third kappa shape index (κ3) is 4.28. The molecule has 4 saturated heterocycles. The van der Waals surface area contributed by atoms with Crippen molar-refractivity contribution in [1.82, 2.24) is 14.9 Å². The summed E-state index contributed by atoms with van der Waals surface area (Å²) in [6.07, 6.45) is 4.60. The van der Waals surface area contributed by atoms with Crippen LogP contribution in [0.5, 0.6) is 6.01 Å². The standard InChI is InChI=1S/C28H34F3N7OS/c29-18-11-27(6-2-9-38(27)13-18)17-39-25-34-21(36-8-3-7-28(30,31)16-36)10-22(35-25)37-14-26(15-37)5-1-4-20-23(26)19(12-32)24(33)40-20/h10,18H,1-9,11,13-17,33H2/t18-,27+/m1/s1. The van der Waals surface area contributed by atoms with Gasteiger partial charge < -0.3 is 20.3 Å². The van der Waals surface area contributed by atoms with Crippen molar-refractivity contribution in [1.29, 1.82) is 5.26 Å². The highest BCUT2D eigenvalue weighted by Gasteiger charge is 2.51. The molecule has 4 aliphatic heterocycles. The molecule has 0 amide bonds. The lowest BCUT2D eigenvalue weighted by Crippen LogP contribution is -2.61. The van der Waals surface area contributed by atoms with Gasteiger partial charge >= 0.3 is 6.01 Å². The average molecular weight is 574 g/mol. The van der Waals surface area contributed by atoms with Crippen LogP contribution < -0.4 is 20.3 Å². The van der Waals surface area contributed by atoms with Gasteiger partial charge in [-0.25, -0.2) is 13.2 Å². The molecule has 12 heteroatoms. The number of anilines is 3. The zero-order valence-corrected chi connectivity index (χ0v) is 23.3. The molecule has 2 atom stereocenters. The van der Waals surface area contributed by atoms with Crippen LogP contribution in [0.3, 0.4) is 0 Å². The van der Waals surface area contributed by atoms with Gasteiger partial charge in [-0.15, -0.1) is 11.3 Å². The number of nitrogen functional groups attached to an aromatic ring is 1. The lowest BCUT2D eigenvalue weighted by molar-refractivity contribution is -0.0119. The number of aryl methyl sites for hydroxylation is 1. The number of hydrogen-bond donors (Lipinski definition) is 1. The summed E-state index contributed by atoms with van der Waals surface area (Å²) in [7, 11) is 0. The van der Waals surface area contributed by atoms with Gasteiger partial charge in [-0.3, -0.25) is 4.90 Å². The molecule has 214 valence electrons. The molecule has 5 aliphatic rings. The van der Waals surface area contributed by atoms with Gasteiger partial charge in [0.1, 0.15) is 35.5 Å². The van der Waals surface area contributed by atoms with Crippen molar-refractivity contribution in [2.24, 2.45) is 0 Å². The first kappa shape index (κ1) is 26.1. The molecule has 2 N–H and O–H groups in total. The number of nitriles is 1. The predicted molar refractivity (Wildman–Crippen MR) is 147 cm³/mol. The van der Waals surface area contributed by atoms with Crippen LogP contribution >= 0.6 is 11.3 Å². The Morgan fingerprint density at radius 3 is 2.62 bits per heavy atom. The Bertz CT molecular complexity index is 1360. The third-order valence-corrected chi connectivity index (χ3v) is 10.7. The van der Waals surface area contributed by atoms with Gasteiger partial charge in [0.15, 0.2) is 0 Å². The van der Waals surface area contributed by atoms with Crippen molar-refractivity contribution in [3.05, 3.63) is 22.1 Å². The Morgan fingerprint density at radius 1 is 1.07 bits per heavy atom. The Hall–Kier alpha value is -2.78. The van der Waals surface area contributed by atoms with Gasteiger partial charge in [0.2, 0.25) is 0 Å². The number of nitrogens with zero attached hydrogens (tertiary/aromatic N) is 6. The SMILES string of the molecule is N#Cc1c(N)sc2c1C1(CCC2)CN(c2cc(N3CCCC(F)(F)C3)nc(OC[C@@]34CCCN3C[C@H](F)C4)n2)C1. The second-order valence-electron chi connectivity index (χ2n) is 12.4. The van der Waals surface area contributed by atoms with Crippen LogP contribution in [0, 0.1) is 11.3 Å². The molecule has 40 heavy (non-hydrogen) atoms. The van der Waals surface area contributed by atoms with Crippen LogP contribution in [0.2, 0.25) is 0 Å². The quantitative estimate of drug-likeness (QED) is 0.567. The number of nitrogens with two attached hydrogens (primary N) is 1. The molecule has 0 radical (unpaired) electrons. The van der Waals surface area contributed by atoms with Crippen molar-refractivity contribution in [2.45, 2.75) is 74.4 Å². The monoisotopic (exact) mass is 573 g/mol. The van der Waals surface area contributed by atoms with E-state index in [4.69, 9.17) is 15.5 Å². The van der Waals surface area contributed by atoms with E-state index in [0.717, 1.165) is 44.2 Å². The minimum absolute atomic E-state index is 0.129. The maximum Gasteiger partial charge on any atom is 0.320 e. The second kappa shape index (κ2) is 9.38. The van der Waals surface area contributed by atoms with Crippen LogP contribution in [-0.4, -0.2) is 78.4 Å². The van der Waals surface area contributed by atoms with E-state index in [-0.39, 0.29) is 30.0 Å². The Kier molecular flexibility index (Phi) is 6.13. The largest absolute Gasteiger partial charge is 0.461 e. The van der Waals surface area contributed by atoms with Crippen LogP contribution in [0.25, 0.3) is 0 Å². The molecular formula is C28H34F3N7OS. The van der Waals surface area contributed by atoms with Gasteiger partial charge in [-0.1, -0.05) is 0 Å². The number of rotatable bonds is 5. The third-order valence-electron chi connectivity index (χ3n) is 9.65. The van der Waals surface area contributed by atoms with Crippen LogP contribution in [0.4, 0.5) is 29.8 Å². The predicted octanol–water partition coefficient (Wildman–Crippen LogP) is 4.28. The van der Waals surface area contributed by atoms with Crippen LogP contribution in [0.1, 0.15) is 60.9 Å². The van der Waals surface area contributed by atoms with E-state index in [2.05, 4.69) is 20.9 Å². The first-order chi connectivity index (χ1) is 19.2. The van der Waals surface area contributed by atoms with Crippen molar-refractivity contribution < 1.29 is 17.9 Å². The number of aromatic nitrogens is 2. The van der Waals surface area contributed by atoms with Crippen LogP contribution in [0.15, 0.2) is 6.07 Å². The van der Waals surface area contributed by atoms with Gasteiger partial charge in [-0.2, -0.15) is 15.2 Å². The number of alkyl halides is 3. The molecule has 4 fully saturated rings. The van der Waals surface area contributed by atoms with Crippen molar-refractivity contribution in [3.63, 3.8) is 0 Å².